The van der Waals surface area contributed by atoms with Crippen LogP contribution in [0.3, 0.4) is 0 Å². The van der Waals surface area contributed by atoms with Gasteiger partial charge in [0.1, 0.15) is 0 Å². The first-order valence-electron chi connectivity index (χ1n) is 3.12. The lowest BCUT2D eigenvalue weighted by atomic mass is 10.4. The molecule has 1 rings (SSSR count). The summed E-state index contributed by atoms with van der Waals surface area (Å²) >= 11 is 1.17. The molecule has 0 aliphatic rings. The van der Waals surface area contributed by atoms with Crippen molar-refractivity contribution in [2.75, 3.05) is 6.54 Å². The van der Waals surface area contributed by atoms with Crippen LogP contribution >= 0.6 is 11.3 Å². The van der Waals surface area contributed by atoms with Crippen LogP contribution in [0.1, 0.15) is 14.7 Å². The number of carbonyl (C=O) groups is 1. The Balaban J connectivity index is 2.73. The van der Waals surface area contributed by atoms with Gasteiger partial charge in [0.2, 0.25) is 5.01 Å². The van der Waals surface area contributed by atoms with Crippen molar-refractivity contribution >= 4 is 17.3 Å². The maximum atomic E-state index is 10.3. The Morgan fingerprint density at radius 1 is 1.82 bits per heavy atom. The predicted octanol–water partition coefficient (Wildman–Crippen LogP) is 0.343. The summed E-state index contributed by atoms with van der Waals surface area (Å²) in [6.07, 6.45) is 2.26. The molecule has 1 aromatic heterocycles. The van der Waals surface area contributed by atoms with E-state index in [1.54, 1.807) is 6.20 Å². The van der Waals surface area contributed by atoms with Crippen LogP contribution in [-0.2, 0) is 6.42 Å². The Morgan fingerprint density at radius 2 is 2.55 bits per heavy atom. The largest absolute Gasteiger partial charge is 0.476 e. The lowest BCUT2D eigenvalue weighted by molar-refractivity contribution is 0.0696. The minimum absolute atomic E-state index is 0.133. The molecular formula is C6H8N2O2S. The van der Waals surface area contributed by atoms with E-state index in [-0.39, 0.29) is 5.01 Å². The van der Waals surface area contributed by atoms with Crippen LogP contribution in [0.25, 0.3) is 0 Å². The highest BCUT2D eigenvalue weighted by molar-refractivity contribution is 7.13. The molecule has 11 heavy (non-hydrogen) atoms. The zero-order chi connectivity index (χ0) is 8.27. The van der Waals surface area contributed by atoms with Gasteiger partial charge in [0.25, 0.3) is 0 Å². The SMILES string of the molecule is NCCc1cnc(C(=O)O)s1. The van der Waals surface area contributed by atoms with Crippen molar-refractivity contribution in [3.05, 3.63) is 16.1 Å². The summed E-state index contributed by atoms with van der Waals surface area (Å²) in [6, 6.07) is 0. The second-order valence-electron chi connectivity index (χ2n) is 1.98. The quantitative estimate of drug-likeness (QED) is 0.689. The number of carboxylic acid groups (broad SMARTS) is 1. The Bertz CT molecular complexity index is 259. The number of carboxylic acids is 1. The molecule has 0 amide bonds. The summed E-state index contributed by atoms with van der Waals surface area (Å²) in [6.45, 7) is 0.529. The molecule has 1 aromatic rings. The van der Waals surface area contributed by atoms with Crippen molar-refractivity contribution in [3.8, 4) is 0 Å². The minimum Gasteiger partial charge on any atom is -0.476 e. The Hall–Kier alpha value is -0.940. The zero-order valence-electron chi connectivity index (χ0n) is 5.78. The van der Waals surface area contributed by atoms with Gasteiger partial charge in [0, 0.05) is 11.1 Å². The number of rotatable bonds is 3. The topological polar surface area (TPSA) is 76.2 Å². The van der Waals surface area contributed by atoms with E-state index in [4.69, 9.17) is 10.8 Å². The van der Waals surface area contributed by atoms with E-state index >= 15 is 0 Å². The number of hydrogen-bond acceptors (Lipinski definition) is 4. The third-order valence-corrected chi connectivity index (χ3v) is 2.17. The van der Waals surface area contributed by atoms with E-state index in [0.717, 1.165) is 4.88 Å². The number of aromatic carboxylic acids is 1. The van der Waals surface area contributed by atoms with Crippen LogP contribution in [0.2, 0.25) is 0 Å². The van der Waals surface area contributed by atoms with Gasteiger partial charge >= 0.3 is 5.97 Å². The average molecular weight is 172 g/mol. The highest BCUT2D eigenvalue weighted by Gasteiger charge is 2.07. The van der Waals surface area contributed by atoms with Gasteiger partial charge in [-0.25, -0.2) is 9.78 Å². The van der Waals surface area contributed by atoms with Crippen molar-refractivity contribution in [3.63, 3.8) is 0 Å². The lowest BCUT2D eigenvalue weighted by Crippen LogP contribution is -2.00. The fourth-order valence-electron chi connectivity index (χ4n) is 0.664. The molecule has 0 fully saturated rings. The normalized spacial score (nSPS) is 9.91. The molecule has 0 radical (unpaired) electrons. The fraction of sp³-hybridized carbons (Fsp3) is 0.333. The van der Waals surface area contributed by atoms with Crippen molar-refractivity contribution in [2.45, 2.75) is 6.42 Å². The first kappa shape index (κ1) is 8.16. The number of nitrogens with two attached hydrogens (primary N) is 1. The molecule has 3 N–H and O–H groups in total. The first-order valence-corrected chi connectivity index (χ1v) is 3.93. The molecule has 1 heterocycles. The number of nitrogens with zero attached hydrogens (tertiary/aromatic N) is 1. The Labute approximate surface area is 67.7 Å². The fourth-order valence-corrected chi connectivity index (χ4v) is 1.43. The van der Waals surface area contributed by atoms with Crippen molar-refractivity contribution < 1.29 is 9.90 Å². The highest BCUT2D eigenvalue weighted by atomic mass is 32.1. The first-order chi connectivity index (χ1) is 5.24. The Morgan fingerprint density at radius 3 is 3.00 bits per heavy atom. The molecule has 60 valence electrons. The molecule has 4 nitrogen and oxygen atoms in total. The molecule has 0 saturated heterocycles. The molecule has 0 aromatic carbocycles. The van der Waals surface area contributed by atoms with E-state index < -0.39 is 5.97 Å². The summed E-state index contributed by atoms with van der Waals surface area (Å²) in [5.74, 6) is -0.974. The molecule has 5 heteroatoms. The van der Waals surface area contributed by atoms with Crippen molar-refractivity contribution in [1.82, 2.24) is 4.98 Å². The van der Waals surface area contributed by atoms with Gasteiger partial charge in [-0.15, -0.1) is 11.3 Å². The summed E-state index contributed by atoms with van der Waals surface area (Å²) < 4.78 is 0. The summed E-state index contributed by atoms with van der Waals surface area (Å²) in [5, 5.41) is 8.62. The van der Waals surface area contributed by atoms with Crippen LogP contribution in [0, 0.1) is 0 Å². The zero-order valence-corrected chi connectivity index (χ0v) is 6.60. The number of thiazole rings is 1. The third kappa shape index (κ3) is 1.99. The highest BCUT2D eigenvalue weighted by Crippen LogP contribution is 2.12. The van der Waals surface area contributed by atoms with Gasteiger partial charge in [0.15, 0.2) is 0 Å². The van der Waals surface area contributed by atoms with Crippen LogP contribution in [0.4, 0.5) is 0 Å². The average Bonchev–Trinajstić information content (AvgIpc) is 2.37. The molecule has 0 unspecified atom stereocenters. The van der Waals surface area contributed by atoms with E-state index in [9.17, 15) is 4.79 Å². The minimum atomic E-state index is -0.974. The van der Waals surface area contributed by atoms with E-state index in [0.29, 0.717) is 13.0 Å². The molecule has 0 spiro atoms. The number of aromatic nitrogens is 1. The summed E-state index contributed by atoms with van der Waals surface area (Å²) in [4.78, 5) is 15.0. The van der Waals surface area contributed by atoms with E-state index in [2.05, 4.69) is 4.98 Å². The second-order valence-corrected chi connectivity index (χ2v) is 3.09. The molecular weight excluding hydrogens is 164 g/mol. The van der Waals surface area contributed by atoms with Gasteiger partial charge in [-0.3, -0.25) is 0 Å². The van der Waals surface area contributed by atoms with Crippen molar-refractivity contribution in [2.24, 2.45) is 5.73 Å². The predicted molar refractivity (Wildman–Crippen MR) is 41.8 cm³/mol. The number of hydrogen-bond donors (Lipinski definition) is 2. The van der Waals surface area contributed by atoms with Gasteiger partial charge in [0.05, 0.1) is 0 Å². The van der Waals surface area contributed by atoms with Crippen molar-refractivity contribution in [1.29, 1.82) is 0 Å². The van der Waals surface area contributed by atoms with Gasteiger partial charge < -0.3 is 10.8 Å². The monoisotopic (exact) mass is 172 g/mol. The maximum absolute atomic E-state index is 10.3. The van der Waals surface area contributed by atoms with E-state index in [1.165, 1.54) is 11.3 Å². The summed E-state index contributed by atoms with van der Waals surface area (Å²) in [5.41, 5.74) is 5.28. The maximum Gasteiger partial charge on any atom is 0.365 e. The van der Waals surface area contributed by atoms with Crippen LogP contribution in [0.5, 0.6) is 0 Å². The van der Waals surface area contributed by atoms with Gasteiger partial charge in [-0.2, -0.15) is 0 Å². The standard InChI is InChI=1S/C6H8N2O2S/c7-2-1-4-3-8-5(11-4)6(9)10/h3H,1-2,7H2,(H,9,10). The van der Waals surface area contributed by atoms with Crippen LogP contribution < -0.4 is 5.73 Å². The molecule has 0 aliphatic heterocycles. The summed E-state index contributed by atoms with van der Waals surface area (Å²) in [7, 11) is 0. The second kappa shape index (κ2) is 3.45. The van der Waals surface area contributed by atoms with Crippen LogP contribution in [0.15, 0.2) is 6.20 Å². The molecule has 0 atom stereocenters. The lowest BCUT2D eigenvalue weighted by Gasteiger charge is -1.86. The Kier molecular flexibility index (Phi) is 2.56. The molecule has 0 saturated carbocycles. The van der Waals surface area contributed by atoms with Gasteiger partial charge in [-0.05, 0) is 13.0 Å². The molecule has 0 aliphatic carbocycles. The van der Waals surface area contributed by atoms with Gasteiger partial charge in [-0.1, -0.05) is 0 Å². The molecule has 0 bridgehead atoms. The van der Waals surface area contributed by atoms with E-state index in [1.807, 2.05) is 0 Å². The van der Waals surface area contributed by atoms with Crippen LogP contribution in [-0.4, -0.2) is 22.6 Å². The smallest absolute Gasteiger partial charge is 0.365 e. The third-order valence-electron chi connectivity index (χ3n) is 1.13.